The molecule has 0 aliphatic rings. The molecule has 52 valence electrons. The second kappa shape index (κ2) is 4.94. The maximum Gasteiger partial charge on any atom is 0.394 e. The zero-order valence-corrected chi connectivity index (χ0v) is 4.83. The van der Waals surface area contributed by atoms with Gasteiger partial charge in [0, 0.05) is 0 Å². The van der Waals surface area contributed by atoms with E-state index in [9.17, 15) is 0 Å². The second-order valence-corrected chi connectivity index (χ2v) is 1.54. The van der Waals surface area contributed by atoms with Crippen molar-refractivity contribution in [2.45, 2.75) is 0 Å². The fourth-order valence-electron chi connectivity index (χ4n) is 0. The lowest BCUT2D eigenvalue weighted by molar-refractivity contribution is 0.381. The second-order valence-electron chi connectivity index (χ2n) is 0.648. The SMILES string of the molecule is O=S(=O)(O)O.[2H]N([2H])N([2H])C. The number of nitrogens with one attached hydrogen (secondary N) is 1. The topological polar surface area (TPSA) is 113 Å². The highest BCUT2D eigenvalue weighted by Crippen LogP contribution is 1.59. The summed E-state index contributed by atoms with van der Waals surface area (Å²) in [5.74, 6) is 0.167. The Labute approximate surface area is 51.6 Å². The van der Waals surface area contributed by atoms with Crippen molar-refractivity contribution < 1.29 is 21.8 Å². The maximum absolute atomic E-state index is 8.74. The van der Waals surface area contributed by atoms with Crippen molar-refractivity contribution in [2.75, 3.05) is 7.05 Å². The van der Waals surface area contributed by atoms with Gasteiger partial charge < -0.3 is 0 Å². The Kier molecular flexibility index (Phi) is 2.87. The van der Waals surface area contributed by atoms with Crippen molar-refractivity contribution in [1.82, 2.24) is 5.42 Å². The summed E-state index contributed by atoms with van der Waals surface area (Å²) in [6.07, 6.45) is 0. The molecule has 0 spiro atoms. The van der Waals surface area contributed by atoms with E-state index in [2.05, 4.69) is 0 Å². The first-order valence-electron chi connectivity index (χ1n) is 2.69. The van der Waals surface area contributed by atoms with Crippen LogP contribution in [-0.4, -0.2) is 24.6 Å². The van der Waals surface area contributed by atoms with Gasteiger partial charge in [-0.1, -0.05) is 0 Å². The van der Waals surface area contributed by atoms with Gasteiger partial charge >= 0.3 is 10.4 Å². The summed E-state index contributed by atoms with van der Waals surface area (Å²) in [6.45, 7) is 0. The molecule has 0 aromatic heterocycles. The lowest BCUT2D eigenvalue weighted by atomic mass is 11.5. The number of hydrogen-bond acceptors (Lipinski definition) is 4. The molecule has 7 heteroatoms. The van der Waals surface area contributed by atoms with Crippen LogP contribution in [-0.2, 0) is 10.4 Å². The van der Waals surface area contributed by atoms with Crippen LogP contribution in [0.2, 0.25) is 4.24 Å². The highest BCUT2D eigenvalue weighted by Gasteiger charge is 1.84. The molecule has 0 aromatic rings. The monoisotopic (exact) mass is 147 g/mol. The fraction of sp³-hybridized carbons (Fsp3) is 1.00. The van der Waals surface area contributed by atoms with Crippen LogP contribution in [0.3, 0.4) is 0 Å². The largest absolute Gasteiger partial charge is 0.394 e. The predicted molar refractivity (Wildman–Crippen MR) is 27.4 cm³/mol. The molecule has 0 aliphatic heterocycles. The van der Waals surface area contributed by atoms with Crippen LogP contribution in [0.1, 0.15) is 0 Å². The summed E-state index contributed by atoms with van der Waals surface area (Å²) >= 11 is 0. The Morgan fingerprint density at radius 1 is 1.88 bits per heavy atom. The average molecular weight is 147 g/mol. The first-order valence-corrected chi connectivity index (χ1v) is 2.74. The van der Waals surface area contributed by atoms with Gasteiger partial charge in [-0.15, -0.1) is 0 Å². The van der Waals surface area contributed by atoms with Gasteiger partial charge in [-0.2, -0.15) is 8.42 Å². The summed E-state index contributed by atoms with van der Waals surface area (Å²) in [4.78, 5) is 0. The van der Waals surface area contributed by atoms with E-state index in [1.165, 1.54) is 7.05 Å². The van der Waals surface area contributed by atoms with E-state index in [4.69, 9.17) is 21.8 Å². The molecule has 0 fully saturated rings. The minimum atomic E-state index is -4.67. The average Bonchev–Trinajstić information content (AvgIpc) is 1.59. The van der Waals surface area contributed by atoms with Crippen molar-refractivity contribution in [3.8, 4) is 0 Å². The van der Waals surface area contributed by atoms with Crippen molar-refractivity contribution >= 4 is 10.4 Å². The van der Waals surface area contributed by atoms with Crippen LogP contribution in [0.25, 0.3) is 0 Å². The molecule has 0 radical (unpaired) electrons. The van der Waals surface area contributed by atoms with E-state index in [0.29, 0.717) is 5.42 Å². The Hall–Kier alpha value is -0.210. The minimum Gasteiger partial charge on any atom is -0.272 e. The smallest absolute Gasteiger partial charge is 0.272 e. The molecule has 5 N–H and O–H groups in total. The third kappa shape index (κ3) is 3010. The fourth-order valence-corrected chi connectivity index (χ4v) is 0. The number of hydrogen-bond donors (Lipinski definition) is 4. The summed E-state index contributed by atoms with van der Waals surface area (Å²) in [6, 6.07) is 0. The molecule has 0 aromatic carbocycles. The summed E-state index contributed by atoms with van der Waals surface area (Å²) < 4.78 is 50.5. The molecule has 6 nitrogen and oxygen atoms in total. The van der Waals surface area contributed by atoms with Crippen LogP contribution >= 0.6 is 0 Å². The van der Waals surface area contributed by atoms with Gasteiger partial charge in [0.2, 0.25) is 0 Å². The van der Waals surface area contributed by atoms with Crippen LogP contribution in [0.15, 0.2) is 0 Å². The van der Waals surface area contributed by atoms with E-state index in [1.807, 2.05) is 0 Å². The van der Waals surface area contributed by atoms with Crippen LogP contribution in [0.5, 0.6) is 0 Å². The van der Waals surface area contributed by atoms with E-state index in [-0.39, 0.29) is 5.83 Å². The molecule has 0 aliphatic carbocycles. The third-order valence-electron chi connectivity index (χ3n) is 0. The Balaban J connectivity index is 0. The molecule has 0 unspecified atom stereocenters. The van der Waals surface area contributed by atoms with Crippen LogP contribution < -0.4 is 11.2 Å². The Morgan fingerprint density at radius 2 is 2.00 bits per heavy atom. The summed E-state index contributed by atoms with van der Waals surface area (Å²) in [5.41, 5.74) is 0.583. The summed E-state index contributed by atoms with van der Waals surface area (Å²) in [7, 11) is -3.37. The van der Waals surface area contributed by atoms with E-state index in [0.717, 1.165) is 0 Å². The quantitative estimate of drug-likeness (QED) is 0.202. The first kappa shape index (κ1) is 4.65. The van der Waals surface area contributed by atoms with E-state index >= 15 is 0 Å². The number of hydrazine groups is 1. The zero-order valence-electron chi connectivity index (χ0n) is 7.01. The molecule has 0 amide bonds. The molecule has 8 heavy (non-hydrogen) atoms. The van der Waals surface area contributed by atoms with Crippen molar-refractivity contribution in [3.63, 3.8) is 0 Å². The highest BCUT2D eigenvalue weighted by atomic mass is 32.3. The normalized spacial score (nSPS) is 15.9. The third-order valence-corrected chi connectivity index (χ3v) is 0. The van der Waals surface area contributed by atoms with Gasteiger partial charge in [0.25, 0.3) is 0 Å². The van der Waals surface area contributed by atoms with Gasteiger partial charge in [-0.25, -0.2) is 0 Å². The van der Waals surface area contributed by atoms with Gasteiger partial charge in [-0.3, -0.25) is 20.4 Å². The van der Waals surface area contributed by atoms with E-state index in [1.54, 1.807) is 0 Å². The van der Waals surface area contributed by atoms with Crippen LogP contribution in [0.4, 0.5) is 0 Å². The van der Waals surface area contributed by atoms with E-state index < -0.39 is 10.4 Å². The minimum absolute atomic E-state index is 0.167. The predicted octanol–water partition coefficient (Wildman–Crippen LogP) is -1.57. The van der Waals surface area contributed by atoms with Gasteiger partial charge in [0.15, 0.2) is 0 Å². The molecule has 0 rings (SSSR count). The van der Waals surface area contributed by atoms with Gasteiger partial charge in [0.1, 0.15) is 4.24 Å². The van der Waals surface area contributed by atoms with Crippen molar-refractivity contribution in [3.05, 3.63) is 0 Å². The van der Waals surface area contributed by atoms with Gasteiger partial charge in [0.05, 0.1) is 0 Å². The Bertz CT molecular complexity index is 164. The molecule has 0 saturated heterocycles. The maximum atomic E-state index is 8.74. The van der Waals surface area contributed by atoms with Crippen molar-refractivity contribution in [2.24, 2.45) is 5.83 Å². The molecule has 0 atom stereocenters. The number of rotatable bonds is 1. The highest BCUT2D eigenvalue weighted by molar-refractivity contribution is 7.79. The zero-order chi connectivity index (χ0) is 9.65. The van der Waals surface area contributed by atoms with Gasteiger partial charge in [-0.05, 0) is 7.05 Å². The summed E-state index contributed by atoms with van der Waals surface area (Å²) in [5, 5.41) is 0. The Morgan fingerprint density at radius 3 is 2.00 bits per heavy atom. The molecular weight excluding hydrogens is 136 g/mol. The molecule has 0 saturated carbocycles. The standard InChI is InChI=1S/CH6N2.H2O4S/c1-3-2;1-5(2,3)4/h3H,2H2,1H3;(H2,1,2,3,4)/i/hD3. The lowest BCUT2D eigenvalue weighted by Gasteiger charge is -1.68. The number of nitrogens with two attached hydrogens (primary N) is 1. The lowest BCUT2D eigenvalue weighted by Crippen LogP contribution is -2.13. The molecule has 0 heterocycles. The first-order chi connectivity index (χ1) is 4.64. The van der Waals surface area contributed by atoms with Crippen LogP contribution in [0, 0.1) is 0 Å². The molecule has 0 bridgehead atoms. The van der Waals surface area contributed by atoms with Crippen molar-refractivity contribution in [1.29, 1.82) is 0 Å². The molecular formula is CH8N2O4S.